The predicted molar refractivity (Wildman–Crippen MR) is 106 cm³/mol. The summed E-state index contributed by atoms with van der Waals surface area (Å²) in [5.74, 6) is 1.65. The van der Waals surface area contributed by atoms with Crippen LogP contribution in [0.25, 0.3) is 0 Å². The van der Waals surface area contributed by atoms with Gasteiger partial charge in [0.05, 0.1) is 44.4 Å². The lowest BCUT2D eigenvalue weighted by Crippen LogP contribution is -2.18. The van der Waals surface area contributed by atoms with Crippen molar-refractivity contribution < 1.29 is 14.3 Å². The third kappa shape index (κ3) is 5.73. The SMILES string of the molecule is CCOc1cc(Br)c(CC(=O)Nc2cc(C)nn2CCC#N)cc1OCC. The first kappa shape index (κ1) is 20.8. The van der Waals surface area contributed by atoms with E-state index in [-0.39, 0.29) is 12.3 Å². The van der Waals surface area contributed by atoms with Gasteiger partial charge in [0.25, 0.3) is 0 Å². The van der Waals surface area contributed by atoms with Crippen molar-refractivity contribution in [2.24, 2.45) is 0 Å². The number of ether oxygens (including phenoxy) is 2. The molecule has 2 aromatic rings. The van der Waals surface area contributed by atoms with E-state index in [2.05, 4.69) is 32.4 Å². The zero-order chi connectivity index (χ0) is 19.8. The Morgan fingerprint density at radius 2 is 1.93 bits per heavy atom. The quantitative estimate of drug-likeness (QED) is 0.647. The van der Waals surface area contributed by atoms with Crippen molar-refractivity contribution in [3.8, 4) is 17.6 Å². The second kappa shape index (κ2) is 9.97. The van der Waals surface area contributed by atoms with Crippen LogP contribution in [-0.2, 0) is 17.8 Å². The largest absolute Gasteiger partial charge is 0.490 e. The fourth-order valence-corrected chi connectivity index (χ4v) is 3.04. The number of benzene rings is 1. The first-order chi connectivity index (χ1) is 13.0. The molecule has 0 aliphatic rings. The van der Waals surface area contributed by atoms with E-state index in [4.69, 9.17) is 14.7 Å². The molecule has 0 bridgehead atoms. The second-order valence-corrected chi connectivity index (χ2v) is 6.64. The van der Waals surface area contributed by atoms with Gasteiger partial charge in [-0.25, -0.2) is 4.68 Å². The van der Waals surface area contributed by atoms with Gasteiger partial charge in [-0.15, -0.1) is 0 Å². The Labute approximate surface area is 167 Å². The Kier molecular flexibility index (Phi) is 7.67. The molecular weight excluding hydrogens is 412 g/mol. The van der Waals surface area contributed by atoms with Crippen LogP contribution in [0.1, 0.15) is 31.5 Å². The first-order valence-corrected chi connectivity index (χ1v) is 9.57. The Balaban J connectivity index is 2.16. The van der Waals surface area contributed by atoms with Crippen LogP contribution in [0.4, 0.5) is 5.82 Å². The van der Waals surface area contributed by atoms with E-state index in [9.17, 15) is 4.79 Å². The Hall–Kier alpha value is -2.53. The summed E-state index contributed by atoms with van der Waals surface area (Å²) in [6.07, 6.45) is 0.488. The summed E-state index contributed by atoms with van der Waals surface area (Å²) < 4.78 is 13.6. The van der Waals surface area contributed by atoms with Gasteiger partial charge in [0.2, 0.25) is 5.91 Å². The molecule has 8 heteroatoms. The van der Waals surface area contributed by atoms with E-state index in [0.29, 0.717) is 43.5 Å². The van der Waals surface area contributed by atoms with Gasteiger partial charge in [-0.3, -0.25) is 4.79 Å². The van der Waals surface area contributed by atoms with Crippen molar-refractivity contribution >= 4 is 27.7 Å². The molecule has 0 spiro atoms. The molecule has 1 N–H and O–H groups in total. The highest BCUT2D eigenvalue weighted by Crippen LogP contribution is 2.34. The van der Waals surface area contributed by atoms with Crippen LogP contribution in [0.2, 0.25) is 0 Å². The van der Waals surface area contributed by atoms with Crippen LogP contribution < -0.4 is 14.8 Å². The van der Waals surface area contributed by atoms with Crippen LogP contribution in [0, 0.1) is 18.3 Å². The lowest BCUT2D eigenvalue weighted by Gasteiger charge is -2.14. The molecule has 1 amide bonds. The van der Waals surface area contributed by atoms with Crippen molar-refractivity contribution in [3.05, 3.63) is 33.9 Å². The van der Waals surface area contributed by atoms with Gasteiger partial charge in [-0.05, 0) is 38.5 Å². The number of hydrogen-bond donors (Lipinski definition) is 1. The van der Waals surface area contributed by atoms with Gasteiger partial charge < -0.3 is 14.8 Å². The number of carbonyl (C=O) groups excluding carboxylic acids is 1. The van der Waals surface area contributed by atoms with Gasteiger partial charge in [-0.1, -0.05) is 15.9 Å². The molecule has 0 unspecified atom stereocenters. The number of carbonyl (C=O) groups is 1. The minimum Gasteiger partial charge on any atom is -0.490 e. The minimum absolute atomic E-state index is 0.162. The molecule has 0 atom stereocenters. The zero-order valence-electron chi connectivity index (χ0n) is 15.7. The van der Waals surface area contributed by atoms with Crippen molar-refractivity contribution in [1.29, 1.82) is 5.26 Å². The highest BCUT2D eigenvalue weighted by Gasteiger charge is 2.15. The Morgan fingerprint density at radius 3 is 2.56 bits per heavy atom. The molecule has 7 nitrogen and oxygen atoms in total. The number of halogens is 1. The van der Waals surface area contributed by atoms with Crippen LogP contribution in [0.5, 0.6) is 11.5 Å². The summed E-state index contributed by atoms with van der Waals surface area (Å²) >= 11 is 3.50. The lowest BCUT2D eigenvalue weighted by molar-refractivity contribution is -0.115. The van der Waals surface area contributed by atoms with Gasteiger partial charge in [0, 0.05) is 10.5 Å². The zero-order valence-corrected chi connectivity index (χ0v) is 17.3. The standard InChI is InChI=1S/C19H23BrN4O3/c1-4-26-16-10-14(15(20)12-17(16)27-5-2)11-19(25)22-18-9-13(3)23-24(18)8-6-7-21/h9-10,12H,4-6,8,11H2,1-3H3,(H,22,25). The molecule has 1 aromatic heterocycles. The molecule has 2 rings (SSSR count). The van der Waals surface area contributed by atoms with Crippen LogP contribution in [0.3, 0.4) is 0 Å². The number of nitrogens with zero attached hydrogens (tertiary/aromatic N) is 3. The van der Waals surface area contributed by atoms with Gasteiger partial charge >= 0.3 is 0 Å². The number of nitrogens with one attached hydrogen (secondary N) is 1. The summed E-state index contributed by atoms with van der Waals surface area (Å²) in [6, 6.07) is 7.50. The average Bonchev–Trinajstić information content (AvgIpc) is 2.96. The van der Waals surface area contributed by atoms with Gasteiger partial charge in [0.15, 0.2) is 11.5 Å². The smallest absolute Gasteiger partial charge is 0.229 e. The Morgan fingerprint density at radius 1 is 1.26 bits per heavy atom. The van der Waals surface area contributed by atoms with Crippen LogP contribution in [-0.4, -0.2) is 28.9 Å². The fourth-order valence-electron chi connectivity index (χ4n) is 2.58. The van der Waals surface area contributed by atoms with Crippen molar-refractivity contribution in [2.75, 3.05) is 18.5 Å². The number of rotatable bonds is 9. The Bertz CT molecular complexity index is 842. The third-order valence-corrected chi connectivity index (χ3v) is 4.41. The summed E-state index contributed by atoms with van der Waals surface area (Å²) in [4.78, 5) is 12.5. The van der Waals surface area contributed by atoms with Crippen molar-refractivity contribution in [3.63, 3.8) is 0 Å². The molecular formula is C19H23BrN4O3. The summed E-state index contributed by atoms with van der Waals surface area (Å²) in [5.41, 5.74) is 1.57. The highest BCUT2D eigenvalue weighted by atomic mass is 79.9. The van der Waals surface area contributed by atoms with Crippen molar-refractivity contribution in [2.45, 2.75) is 40.2 Å². The number of hydrogen-bond acceptors (Lipinski definition) is 5. The summed E-state index contributed by atoms with van der Waals surface area (Å²) in [5, 5.41) is 15.9. The van der Waals surface area contributed by atoms with Crippen LogP contribution >= 0.6 is 15.9 Å². The average molecular weight is 435 g/mol. The predicted octanol–water partition coefficient (Wildman–Crippen LogP) is 3.85. The van der Waals surface area contributed by atoms with E-state index in [0.717, 1.165) is 15.7 Å². The van der Waals surface area contributed by atoms with Gasteiger partial charge in [-0.2, -0.15) is 10.4 Å². The van der Waals surface area contributed by atoms with E-state index in [1.54, 1.807) is 10.7 Å². The second-order valence-electron chi connectivity index (χ2n) is 5.78. The number of aromatic nitrogens is 2. The summed E-state index contributed by atoms with van der Waals surface area (Å²) in [6.45, 7) is 7.11. The molecule has 27 heavy (non-hydrogen) atoms. The number of amides is 1. The summed E-state index contributed by atoms with van der Waals surface area (Å²) in [7, 11) is 0. The fraction of sp³-hybridized carbons (Fsp3) is 0.421. The molecule has 0 saturated carbocycles. The van der Waals surface area contributed by atoms with Crippen LogP contribution in [0.15, 0.2) is 22.7 Å². The molecule has 0 aliphatic carbocycles. The number of nitriles is 1. The third-order valence-electron chi connectivity index (χ3n) is 3.67. The minimum atomic E-state index is -0.180. The van der Waals surface area contributed by atoms with E-state index in [1.807, 2.05) is 32.9 Å². The molecule has 0 radical (unpaired) electrons. The molecule has 0 saturated heterocycles. The normalized spacial score (nSPS) is 10.3. The highest BCUT2D eigenvalue weighted by molar-refractivity contribution is 9.10. The van der Waals surface area contributed by atoms with E-state index in [1.165, 1.54) is 0 Å². The maximum Gasteiger partial charge on any atom is 0.229 e. The van der Waals surface area contributed by atoms with E-state index >= 15 is 0 Å². The maximum absolute atomic E-state index is 12.5. The molecule has 0 aliphatic heterocycles. The molecule has 144 valence electrons. The molecule has 1 aromatic carbocycles. The molecule has 1 heterocycles. The number of anilines is 1. The van der Waals surface area contributed by atoms with Crippen molar-refractivity contribution in [1.82, 2.24) is 9.78 Å². The molecule has 0 fully saturated rings. The monoisotopic (exact) mass is 434 g/mol. The maximum atomic E-state index is 12.5. The first-order valence-electron chi connectivity index (χ1n) is 8.77. The van der Waals surface area contributed by atoms with Gasteiger partial charge in [0.1, 0.15) is 5.82 Å². The van der Waals surface area contributed by atoms with E-state index < -0.39 is 0 Å². The lowest BCUT2D eigenvalue weighted by atomic mass is 10.1. The topological polar surface area (TPSA) is 89.2 Å². The number of aryl methyl sites for hydroxylation is 2.